The fourth-order valence-electron chi connectivity index (χ4n) is 5.96. The minimum atomic E-state index is -1.67. The second kappa shape index (κ2) is 12.3. The number of aryl methyl sites for hydroxylation is 1. The van der Waals surface area contributed by atoms with Crippen LogP contribution in [0, 0.1) is 12.8 Å². The van der Waals surface area contributed by atoms with E-state index in [4.69, 9.17) is 18.9 Å². The number of hydrogen-bond donors (Lipinski definition) is 9. The van der Waals surface area contributed by atoms with Gasteiger partial charge >= 0.3 is 0 Å². The van der Waals surface area contributed by atoms with Crippen LogP contribution in [0.5, 0.6) is 11.5 Å². The summed E-state index contributed by atoms with van der Waals surface area (Å²) < 4.78 is 23.0. The van der Waals surface area contributed by atoms with E-state index in [-0.39, 0.29) is 23.3 Å². The second-order valence-corrected chi connectivity index (χ2v) is 11.4. The normalized spacial score (nSPS) is 42.1. The van der Waals surface area contributed by atoms with Gasteiger partial charge in [0.25, 0.3) is 0 Å². The van der Waals surface area contributed by atoms with Crippen molar-refractivity contribution in [2.24, 2.45) is 5.92 Å². The first-order valence-corrected chi connectivity index (χ1v) is 13.6. The minimum Gasteiger partial charge on any atom is -0.504 e. The largest absolute Gasteiger partial charge is 0.504 e. The van der Waals surface area contributed by atoms with E-state index in [1.165, 1.54) is 0 Å². The maximum Gasteiger partial charge on any atom is 0.229 e. The lowest BCUT2D eigenvalue weighted by Gasteiger charge is -2.44. The molecular weight excluding hydrogens is 532 g/mol. The van der Waals surface area contributed by atoms with Gasteiger partial charge in [-0.2, -0.15) is 0 Å². The van der Waals surface area contributed by atoms with Crippen LogP contribution in [-0.4, -0.2) is 127 Å². The van der Waals surface area contributed by atoms with Gasteiger partial charge in [0.2, 0.25) is 6.29 Å². The number of aromatic hydroxyl groups is 1. The van der Waals surface area contributed by atoms with E-state index >= 15 is 0 Å². The minimum absolute atomic E-state index is 0.0223. The first-order valence-electron chi connectivity index (χ1n) is 13.6. The van der Waals surface area contributed by atoms with Gasteiger partial charge in [-0.15, -0.1) is 0 Å². The van der Waals surface area contributed by atoms with Gasteiger partial charge in [0, 0.05) is 11.5 Å². The monoisotopic (exact) mass is 574 g/mol. The summed E-state index contributed by atoms with van der Waals surface area (Å²) in [7, 11) is 0. The molecule has 0 amide bonds. The third-order valence-electron chi connectivity index (χ3n) is 8.45. The molecule has 0 saturated carbocycles. The highest BCUT2D eigenvalue weighted by Crippen LogP contribution is 2.51. The molecule has 1 aromatic rings. The highest BCUT2D eigenvalue weighted by atomic mass is 16.7. The molecule has 2 saturated heterocycles. The average molecular weight is 575 g/mol. The van der Waals surface area contributed by atoms with E-state index in [9.17, 15) is 46.0 Å². The zero-order valence-electron chi connectivity index (χ0n) is 22.9. The number of benzene rings is 1. The van der Waals surface area contributed by atoms with Gasteiger partial charge in [-0.1, -0.05) is 26.8 Å². The Balaban J connectivity index is 1.66. The van der Waals surface area contributed by atoms with Crippen LogP contribution in [0.2, 0.25) is 0 Å². The molecule has 2 fully saturated rings. The topological polar surface area (TPSA) is 219 Å². The van der Waals surface area contributed by atoms with Crippen molar-refractivity contribution < 1.29 is 64.9 Å². The van der Waals surface area contributed by atoms with E-state index in [1.54, 1.807) is 13.8 Å². The number of phenols is 1. The molecule has 228 valence electrons. The van der Waals surface area contributed by atoms with E-state index in [0.717, 1.165) is 5.56 Å². The molecule has 13 nitrogen and oxygen atoms in total. The van der Waals surface area contributed by atoms with Crippen molar-refractivity contribution in [3.63, 3.8) is 0 Å². The zero-order valence-corrected chi connectivity index (χ0v) is 22.9. The molecule has 40 heavy (non-hydrogen) atoms. The first kappa shape index (κ1) is 31.3. The Labute approximate surface area is 232 Å². The lowest BCUT2D eigenvalue weighted by atomic mass is 9.70. The molecule has 13 heteroatoms. The summed E-state index contributed by atoms with van der Waals surface area (Å²) in [5, 5.41) is 92.1. The third kappa shape index (κ3) is 5.57. The Morgan fingerprint density at radius 2 is 1.38 bits per heavy atom. The van der Waals surface area contributed by atoms with Gasteiger partial charge in [0.05, 0.1) is 19.3 Å². The number of phenolic OH excluding ortho intramolecular Hbond substituents is 1. The van der Waals surface area contributed by atoms with Crippen molar-refractivity contribution >= 4 is 0 Å². The summed E-state index contributed by atoms with van der Waals surface area (Å²) in [4.78, 5) is 0. The van der Waals surface area contributed by atoms with Crippen LogP contribution in [0.4, 0.5) is 0 Å². The SMILES string of the molecule is Cc1cc2c(c(O)c1O[C@@H]1O[C@H](CO)[C@@H](O)[C@H](O)[C@H]1O)C(C)C(O[C@@H]1O[C@H](CO)[C@@H](O)[C@H](O)[C@H]1O)CC2C(C)C. The average Bonchev–Trinajstić information content (AvgIpc) is 2.91. The third-order valence-corrected chi connectivity index (χ3v) is 8.45. The first-order chi connectivity index (χ1) is 18.8. The molecule has 9 N–H and O–H groups in total. The second-order valence-electron chi connectivity index (χ2n) is 11.4. The van der Waals surface area contributed by atoms with Crippen molar-refractivity contribution in [3.05, 3.63) is 22.8 Å². The standard InChI is InChI=1S/C27H42O13/c1-9(2)12-6-14(37-26-23(35)21(33)18(30)15(7-28)38-26)11(4)17-13(12)5-10(3)25(20(17)32)40-27-24(36)22(34)19(31)16(8-29)39-27/h5,9,11-12,14-16,18-19,21-24,26-36H,6-8H2,1-4H3/t11?,12?,14?,15-,16-,18-,19-,21+,22+,23-,24-,26-,27+/m1/s1. The summed E-state index contributed by atoms with van der Waals surface area (Å²) in [6, 6.07) is 1.86. The number of fused-ring (bicyclic) bond motifs is 1. The van der Waals surface area contributed by atoms with Crippen LogP contribution in [0.25, 0.3) is 0 Å². The van der Waals surface area contributed by atoms with Gasteiger partial charge in [0.1, 0.15) is 48.8 Å². The Morgan fingerprint density at radius 1 is 0.850 bits per heavy atom. The molecule has 13 atom stereocenters. The van der Waals surface area contributed by atoms with Crippen molar-refractivity contribution in [3.8, 4) is 11.5 Å². The number of aliphatic hydroxyl groups excluding tert-OH is 8. The van der Waals surface area contributed by atoms with E-state index in [0.29, 0.717) is 17.5 Å². The number of rotatable bonds is 7. The lowest BCUT2D eigenvalue weighted by Crippen LogP contribution is -2.60. The number of hydrogen-bond acceptors (Lipinski definition) is 13. The maximum atomic E-state index is 11.5. The van der Waals surface area contributed by atoms with Crippen LogP contribution in [0.3, 0.4) is 0 Å². The van der Waals surface area contributed by atoms with Crippen molar-refractivity contribution in [1.82, 2.24) is 0 Å². The number of aliphatic hydroxyl groups is 8. The van der Waals surface area contributed by atoms with Gasteiger partial charge in [-0.05, 0) is 36.3 Å². The van der Waals surface area contributed by atoms with E-state index in [1.807, 2.05) is 19.9 Å². The summed E-state index contributed by atoms with van der Waals surface area (Å²) >= 11 is 0. The highest BCUT2D eigenvalue weighted by Gasteiger charge is 2.48. The van der Waals surface area contributed by atoms with Crippen molar-refractivity contribution in [2.75, 3.05) is 13.2 Å². The molecule has 2 heterocycles. The molecule has 4 rings (SSSR count). The highest BCUT2D eigenvalue weighted by molar-refractivity contribution is 5.58. The summed E-state index contributed by atoms with van der Waals surface area (Å²) in [6.07, 6.45) is -14.9. The molecule has 1 aliphatic carbocycles. The molecule has 2 aliphatic heterocycles. The Hall–Kier alpha value is -1.62. The molecular formula is C27H42O13. The van der Waals surface area contributed by atoms with E-state index in [2.05, 4.69) is 0 Å². The molecule has 0 spiro atoms. The fraction of sp³-hybridized carbons (Fsp3) is 0.778. The molecule has 3 aliphatic rings. The summed E-state index contributed by atoms with van der Waals surface area (Å²) in [6.45, 7) is 6.31. The number of ether oxygens (including phenoxy) is 4. The lowest BCUT2D eigenvalue weighted by molar-refractivity contribution is -0.313. The van der Waals surface area contributed by atoms with Crippen molar-refractivity contribution in [2.45, 2.75) is 113 Å². The predicted octanol–water partition coefficient (Wildman–Crippen LogP) is -1.69. The maximum absolute atomic E-state index is 11.5. The fourth-order valence-corrected chi connectivity index (χ4v) is 5.96. The quantitative estimate of drug-likeness (QED) is 0.178. The van der Waals surface area contributed by atoms with Gasteiger partial charge < -0.3 is 64.9 Å². The Bertz CT molecular complexity index is 1020. The Morgan fingerprint density at radius 3 is 1.90 bits per heavy atom. The smallest absolute Gasteiger partial charge is 0.229 e. The van der Waals surface area contributed by atoms with Gasteiger partial charge in [-0.3, -0.25) is 0 Å². The van der Waals surface area contributed by atoms with Gasteiger partial charge in [-0.25, -0.2) is 0 Å². The molecule has 0 radical (unpaired) electrons. The molecule has 1 aromatic carbocycles. The summed E-state index contributed by atoms with van der Waals surface area (Å²) in [5.74, 6) is -0.761. The van der Waals surface area contributed by atoms with Crippen LogP contribution >= 0.6 is 0 Å². The molecule has 0 aromatic heterocycles. The predicted molar refractivity (Wildman–Crippen MR) is 136 cm³/mol. The van der Waals surface area contributed by atoms with Gasteiger partial charge in [0.15, 0.2) is 17.8 Å². The van der Waals surface area contributed by atoms with Crippen LogP contribution in [0.1, 0.15) is 55.7 Å². The van der Waals surface area contributed by atoms with Crippen molar-refractivity contribution in [1.29, 1.82) is 0 Å². The summed E-state index contributed by atoms with van der Waals surface area (Å²) in [5.41, 5.74) is 1.87. The van der Waals surface area contributed by atoms with Crippen LogP contribution < -0.4 is 4.74 Å². The van der Waals surface area contributed by atoms with E-state index < -0.39 is 86.6 Å². The molecule has 3 unspecified atom stereocenters. The zero-order chi connectivity index (χ0) is 29.6. The van der Waals surface area contributed by atoms with Crippen LogP contribution in [0.15, 0.2) is 6.07 Å². The van der Waals surface area contributed by atoms with Crippen LogP contribution in [-0.2, 0) is 14.2 Å². The Kier molecular flexibility index (Phi) is 9.64. The molecule has 0 bridgehead atoms.